The van der Waals surface area contributed by atoms with Crippen molar-refractivity contribution >= 4 is 0 Å². The number of aliphatic hydroxyl groups excluding tert-OH is 1. The first-order valence-corrected chi connectivity index (χ1v) is 6.67. The molecule has 2 rings (SSSR count). The summed E-state index contributed by atoms with van der Waals surface area (Å²) in [6.07, 6.45) is -0.562. The van der Waals surface area contributed by atoms with E-state index in [9.17, 15) is 13.9 Å². The molecule has 1 saturated heterocycles. The fraction of sp³-hybridized carbons (Fsp3) is 0.571. The maximum Gasteiger partial charge on any atom is 0.252 e. The molecule has 0 amide bonds. The van der Waals surface area contributed by atoms with E-state index in [-0.39, 0.29) is 12.6 Å². The molecule has 1 aromatic rings. The molecule has 106 valence electrons. The molecule has 2 N–H and O–H groups in total. The van der Waals surface area contributed by atoms with Gasteiger partial charge in [0.15, 0.2) is 0 Å². The Hall–Kier alpha value is -1.04. The van der Waals surface area contributed by atoms with Crippen LogP contribution in [0.1, 0.15) is 18.4 Å². The Bertz CT molecular complexity index is 375. The summed E-state index contributed by atoms with van der Waals surface area (Å²) in [5, 5.41) is 11.7. The minimum atomic E-state index is -2.37. The molecule has 0 spiro atoms. The SMILES string of the molecule is OC1CCN(NCC(F)F)C1CCc1ccccc1. The first kappa shape index (κ1) is 14.4. The van der Waals surface area contributed by atoms with Gasteiger partial charge in [-0.2, -0.15) is 0 Å². The van der Waals surface area contributed by atoms with E-state index >= 15 is 0 Å². The minimum absolute atomic E-state index is 0.0843. The summed E-state index contributed by atoms with van der Waals surface area (Å²) in [6, 6.07) is 9.92. The molecule has 1 heterocycles. The number of nitrogens with zero attached hydrogens (tertiary/aromatic N) is 1. The maximum absolute atomic E-state index is 12.2. The smallest absolute Gasteiger partial charge is 0.252 e. The molecular weight excluding hydrogens is 250 g/mol. The van der Waals surface area contributed by atoms with Crippen LogP contribution in [0.3, 0.4) is 0 Å². The summed E-state index contributed by atoms with van der Waals surface area (Å²) in [5.74, 6) is 0. The van der Waals surface area contributed by atoms with Gasteiger partial charge in [0, 0.05) is 6.54 Å². The van der Waals surface area contributed by atoms with Crippen molar-refractivity contribution in [3.8, 4) is 0 Å². The Morgan fingerprint density at radius 3 is 2.74 bits per heavy atom. The van der Waals surface area contributed by atoms with Crippen LogP contribution in [0.25, 0.3) is 0 Å². The van der Waals surface area contributed by atoms with Gasteiger partial charge in [0.05, 0.1) is 18.7 Å². The lowest BCUT2D eigenvalue weighted by Crippen LogP contribution is -2.46. The van der Waals surface area contributed by atoms with Crippen LogP contribution in [0.15, 0.2) is 30.3 Å². The lowest BCUT2D eigenvalue weighted by atomic mass is 10.0. The van der Waals surface area contributed by atoms with Crippen LogP contribution in [-0.2, 0) is 6.42 Å². The Kier molecular flexibility index (Phi) is 5.24. The standard InChI is InChI=1S/C14H20F2N2O/c15-14(16)10-17-18-9-8-13(19)12(18)7-6-11-4-2-1-3-5-11/h1-5,12-14,17,19H,6-10H2. The molecule has 0 saturated carbocycles. The average molecular weight is 270 g/mol. The van der Waals surface area contributed by atoms with Crippen molar-refractivity contribution in [3.05, 3.63) is 35.9 Å². The van der Waals surface area contributed by atoms with E-state index in [2.05, 4.69) is 5.43 Å². The van der Waals surface area contributed by atoms with Gasteiger partial charge in [-0.3, -0.25) is 0 Å². The van der Waals surface area contributed by atoms with E-state index in [1.807, 2.05) is 30.3 Å². The molecule has 2 atom stereocenters. The Balaban J connectivity index is 1.85. The van der Waals surface area contributed by atoms with Crippen LogP contribution in [0, 0.1) is 0 Å². The second-order valence-corrected chi connectivity index (χ2v) is 4.89. The predicted octanol–water partition coefficient (Wildman–Crippen LogP) is 1.82. The van der Waals surface area contributed by atoms with Crippen LogP contribution < -0.4 is 5.43 Å². The number of aliphatic hydroxyl groups is 1. The molecule has 0 radical (unpaired) electrons. The third kappa shape index (κ3) is 4.23. The van der Waals surface area contributed by atoms with Gasteiger partial charge in [-0.1, -0.05) is 30.3 Å². The van der Waals surface area contributed by atoms with E-state index in [1.165, 1.54) is 5.56 Å². The predicted molar refractivity (Wildman–Crippen MR) is 69.9 cm³/mol. The lowest BCUT2D eigenvalue weighted by molar-refractivity contribution is 0.0543. The zero-order valence-electron chi connectivity index (χ0n) is 10.8. The third-order valence-corrected chi connectivity index (χ3v) is 3.53. The fourth-order valence-electron chi connectivity index (χ4n) is 2.53. The van der Waals surface area contributed by atoms with E-state index in [0.717, 1.165) is 12.8 Å². The molecule has 0 aromatic heterocycles. The Morgan fingerprint density at radius 1 is 1.32 bits per heavy atom. The van der Waals surface area contributed by atoms with E-state index in [0.29, 0.717) is 13.0 Å². The molecule has 0 bridgehead atoms. The van der Waals surface area contributed by atoms with Gasteiger partial charge in [-0.25, -0.2) is 19.2 Å². The minimum Gasteiger partial charge on any atom is -0.391 e. The van der Waals surface area contributed by atoms with Crippen molar-refractivity contribution in [3.63, 3.8) is 0 Å². The number of halogens is 2. The number of hydrazine groups is 1. The highest BCUT2D eigenvalue weighted by Gasteiger charge is 2.32. The fourth-order valence-corrected chi connectivity index (χ4v) is 2.53. The molecule has 19 heavy (non-hydrogen) atoms. The molecule has 1 aliphatic heterocycles. The van der Waals surface area contributed by atoms with Crippen molar-refractivity contribution in [2.45, 2.75) is 37.8 Å². The van der Waals surface area contributed by atoms with Gasteiger partial charge in [0.25, 0.3) is 6.43 Å². The summed E-state index contributed by atoms with van der Waals surface area (Å²) in [5.41, 5.74) is 3.93. The second kappa shape index (κ2) is 6.93. The summed E-state index contributed by atoms with van der Waals surface area (Å²) in [6.45, 7) is 0.266. The molecule has 1 aromatic carbocycles. The van der Waals surface area contributed by atoms with Gasteiger partial charge in [0.1, 0.15) is 0 Å². The average Bonchev–Trinajstić information content (AvgIpc) is 2.76. The van der Waals surface area contributed by atoms with Crippen molar-refractivity contribution < 1.29 is 13.9 Å². The van der Waals surface area contributed by atoms with Crippen molar-refractivity contribution in [1.82, 2.24) is 10.4 Å². The highest BCUT2D eigenvalue weighted by molar-refractivity contribution is 5.15. The first-order valence-electron chi connectivity index (χ1n) is 6.67. The lowest BCUT2D eigenvalue weighted by Gasteiger charge is -2.26. The maximum atomic E-state index is 12.2. The molecule has 1 aliphatic rings. The highest BCUT2D eigenvalue weighted by atomic mass is 19.3. The number of hydrogen-bond donors (Lipinski definition) is 2. The summed E-state index contributed by atoms with van der Waals surface area (Å²) < 4.78 is 24.4. The number of aryl methyl sites for hydroxylation is 1. The summed E-state index contributed by atoms with van der Waals surface area (Å²) in [7, 11) is 0. The molecule has 1 fully saturated rings. The molecular formula is C14H20F2N2O. The second-order valence-electron chi connectivity index (χ2n) is 4.89. The van der Waals surface area contributed by atoms with Crippen LogP contribution in [0.4, 0.5) is 8.78 Å². The number of benzene rings is 1. The number of nitrogens with one attached hydrogen (secondary N) is 1. The largest absolute Gasteiger partial charge is 0.391 e. The highest BCUT2D eigenvalue weighted by Crippen LogP contribution is 2.20. The van der Waals surface area contributed by atoms with Gasteiger partial charge in [0.2, 0.25) is 0 Å². The Morgan fingerprint density at radius 2 is 2.05 bits per heavy atom. The molecule has 2 unspecified atom stereocenters. The van der Waals surface area contributed by atoms with E-state index in [4.69, 9.17) is 0 Å². The van der Waals surface area contributed by atoms with Gasteiger partial charge < -0.3 is 5.11 Å². The topological polar surface area (TPSA) is 35.5 Å². The first-order chi connectivity index (χ1) is 9.16. The van der Waals surface area contributed by atoms with Crippen molar-refractivity contribution in [2.24, 2.45) is 0 Å². The van der Waals surface area contributed by atoms with Crippen LogP contribution >= 0.6 is 0 Å². The van der Waals surface area contributed by atoms with Crippen LogP contribution in [0.5, 0.6) is 0 Å². The monoisotopic (exact) mass is 270 g/mol. The Labute approximate surface area is 112 Å². The summed E-state index contributed by atoms with van der Waals surface area (Å²) >= 11 is 0. The van der Waals surface area contributed by atoms with Crippen LogP contribution in [0.2, 0.25) is 0 Å². The van der Waals surface area contributed by atoms with E-state index in [1.54, 1.807) is 5.01 Å². The van der Waals surface area contributed by atoms with Crippen molar-refractivity contribution in [1.29, 1.82) is 0 Å². The quantitative estimate of drug-likeness (QED) is 0.828. The number of hydrogen-bond acceptors (Lipinski definition) is 3. The zero-order valence-corrected chi connectivity index (χ0v) is 10.8. The van der Waals surface area contributed by atoms with E-state index < -0.39 is 12.5 Å². The van der Waals surface area contributed by atoms with Gasteiger partial charge in [-0.15, -0.1) is 0 Å². The molecule has 5 heteroatoms. The normalized spacial score (nSPS) is 24.2. The molecule has 0 aliphatic carbocycles. The van der Waals surface area contributed by atoms with Gasteiger partial charge in [-0.05, 0) is 24.8 Å². The third-order valence-electron chi connectivity index (χ3n) is 3.53. The zero-order chi connectivity index (χ0) is 13.7. The number of rotatable bonds is 6. The van der Waals surface area contributed by atoms with Crippen molar-refractivity contribution in [2.75, 3.05) is 13.1 Å². The molecule has 3 nitrogen and oxygen atoms in total. The summed E-state index contributed by atoms with van der Waals surface area (Å²) in [4.78, 5) is 0. The van der Waals surface area contributed by atoms with Crippen LogP contribution in [-0.4, -0.2) is 41.8 Å². The van der Waals surface area contributed by atoms with Gasteiger partial charge >= 0.3 is 0 Å². The number of alkyl halides is 2.